The molecule has 0 saturated heterocycles. The van der Waals surface area contributed by atoms with Gasteiger partial charge in [-0.3, -0.25) is 11.3 Å². The second kappa shape index (κ2) is 7.22. The van der Waals surface area contributed by atoms with Crippen molar-refractivity contribution in [3.05, 3.63) is 34.6 Å². The van der Waals surface area contributed by atoms with Crippen molar-refractivity contribution in [3.8, 4) is 0 Å². The van der Waals surface area contributed by atoms with Crippen molar-refractivity contribution in [2.24, 2.45) is 11.8 Å². The standard InChI is InChI=1S/C15H22ClFN2/c16-13-9-11(7-8-14(13)17)10-15(19-18)12-5-3-1-2-4-6-12/h7-9,12,15,19H,1-6,10,18H2. The predicted molar refractivity (Wildman–Crippen MR) is 77.4 cm³/mol. The van der Waals surface area contributed by atoms with Gasteiger partial charge in [-0.05, 0) is 42.9 Å². The van der Waals surface area contributed by atoms with Gasteiger partial charge >= 0.3 is 0 Å². The summed E-state index contributed by atoms with van der Waals surface area (Å²) < 4.78 is 13.2. The van der Waals surface area contributed by atoms with E-state index in [-0.39, 0.29) is 16.9 Å². The Bertz CT molecular complexity index is 403. The fourth-order valence-corrected chi connectivity index (χ4v) is 3.20. The predicted octanol–water partition coefficient (Wildman–Crippen LogP) is 3.82. The van der Waals surface area contributed by atoms with Gasteiger partial charge in [0.2, 0.25) is 0 Å². The van der Waals surface area contributed by atoms with Gasteiger partial charge in [0.25, 0.3) is 0 Å². The summed E-state index contributed by atoms with van der Waals surface area (Å²) in [6, 6.07) is 5.18. The molecule has 1 aliphatic carbocycles. The van der Waals surface area contributed by atoms with Gasteiger partial charge in [-0.2, -0.15) is 0 Å². The molecule has 0 aliphatic heterocycles. The maximum absolute atomic E-state index is 13.2. The fraction of sp³-hybridized carbons (Fsp3) is 0.600. The highest BCUT2D eigenvalue weighted by atomic mass is 35.5. The highest BCUT2D eigenvalue weighted by molar-refractivity contribution is 6.30. The Balaban J connectivity index is 2.02. The lowest BCUT2D eigenvalue weighted by atomic mass is 9.88. The van der Waals surface area contributed by atoms with Crippen LogP contribution in [0, 0.1) is 11.7 Å². The van der Waals surface area contributed by atoms with Gasteiger partial charge in [-0.1, -0.05) is 43.4 Å². The monoisotopic (exact) mass is 284 g/mol. The van der Waals surface area contributed by atoms with Crippen LogP contribution in [0.4, 0.5) is 4.39 Å². The van der Waals surface area contributed by atoms with Crippen molar-refractivity contribution in [3.63, 3.8) is 0 Å². The molecule has 1 aromatic rings. The first-order valence-electron chi connectivity index (χ1n) is 7.10. The molecule has 0 radical (unpaired) electrons. The van der Waals surface area contributed by atoms with Gasteiger partial charge in [-0.15, -0.1) is 0 Å². The number of hydrogen-bond donors (Lipinski definition) is 2. The molecule has 1 atom stereocenters. The van der Waals surface area contributed by atoms with Crippen LogP contribution in [0.5, 0.6) is 0 Å². The largest absolute Gasteiger partial charge is 0.271 e. The lowest BCUT2D eigenvalue weighted by Crippen LogP contribution is -2.42. The Kier molecular flexibility index (Phi) is 5.61. The Morgan fingerprint density at radius 3 is 2.53 bits per heavy atom. The Morgan fingerprint density at radius 1 is 1.26 bits per heavy atom. The minimum atomic E-state index is -0.364. The topological polar surface area (TPSA) is 38.0 Å². The molecule has 3 N–H and O–H groups in total. The Morgan fingerprint density at radius 2 is 1.95 bits per heavy atom. The summed E-state index contributed by atoms with van der Waals surface area (Å²) in [5.41, 5.74) is 3.99. The highest BCUT2D eigenvalue weighted by Crippen LogP contribution is 2.27. The van der Waals surface area contributed by atoms with E-state index in [1.54, 1.807) is 12.1 Å². The van der Waals surface area contributed by atoms with Gasteiger partial charge in [0.15, 0.2) is 0 Å². The molecule has 1 saturated carbocycles. The van der Waals surface area contributed by atoms with Crippen LogP contribution in [-0.4, -0.2) is 6.04 Å². The molecule has 106 valence electrons. The zero-order valence-corrected chi connectivity index (χ0v) is 11.9. The van der Waals surface area contributed by atoms with Crippen molar-refractivity contribution in [2.45, 2.75) is 51.0 Å². The second-order valence-electron chi connectivity index (χ2n) is 5.48. The van der Waals surface area contributed by atoms with E-state index in [9.17, 15) is 4.39 Å². The summed E-state index contributed by atoms with van der Waals surface area (Å²) in [7, 11) is 0. The van der Waals surface area contributed by atoms with Crippen molar-refractivity contribution in [2.75, 3.05) is 0 Å². The molecule has 0 spiro atoms. The first-order chi connectivity index (χ1) is 9.20. The van der Waals surface area contributed by atoms with Crippen molar-refractivity contribution >= 4 is 11.6 Å². The second-order valence-corrected chi connectivity index (χ2v) is 5.88. The normalized spacial score (nSPS) is 19.1. The number of hydrazine groups is 1. The lowest BCUT2D eigenvalue weighted by Gasteiger charge is -2.25. The summed E-state index contributed by atoms with van der Waals surface area (Å²) in [5, 5.41) is 0.189. The van der Waals surface area contributed by atoms with E-state index < -0.39 is 0 Å². The number of hydrogen-bond acceptors (Lipinski definition) is 2. The maximum atomic E-state index is 13.2. The Hall–Kier alpha value is -0.640. The molecule has 1 aromatic carbocycles. The van der Waals surface area contributed by atoms with E-state index in [1.807, 2.05) is 0 Å². The molecule has 0 bridgehead atoms. The quantitative estimate of drug-likeness (QED) is 0.501. The van der Waals surface area contributed by atoms with Gasteiger partial charge in [0, 0.05) is 6.04 Å². The van der Waals surface area contributed by atoms with Crippen molar-refractivity contribution < 1.29 is 4.39 Å². The average molecular weight is 285 g/mol. The molecule has 2 rings (SSSR count). The maximum Gasteiger partial charge on any atom is 0.141 e. The van der Waals surface area contributed by atoms with Crippen LogP contribution in [0.3, 0.4) is 0 Å². The average Bonchev–Trinajstić information content (AvgIpc) is 2.69. The third kappa shape index (κ3) is 4.16. The van der Waals surface area contributed by atoms with E-state index in [4.69, 9.17) is 17.4 Å². The summed E-state index contributed by atoms with van der Waals surface area (Å²) in [5.74, 6) is 5.96. The number of rotatable bonds is 4. The first-order valence-corrected chi connectivity index (χ1v) is 7.48. The molecule has 19 heavy (non-hydrogen) atoms. The summed E-state index contributed by atoms with van der Waals surface area (Å²) in [6.45, 7) is 0. The highest BCUT2D eigenvalue weighted by Gasteiger charge is 2.22. The zero-order chi connectivity index (χ0) is 13.7. The van der Waals surface area contributed by atoms with Crippen LogP contribution >= 0.6 is 11.6 Å². The van der Waals surface area contributed by atoms with Crippen molar-refractivity contribution in [1.82, 2.24) is 5.43 Å². The smallest absolute Gasteiger partial charge is 0.141 e. The van der Waals surface area contributed by atoms with Crippen LogP contribution in [0.15, 0.2) is 18.2 Å². The molecule has 2 nitrogen and oxygen atoms in total. The van der Waals surface area contributed by atoms with Gasteiger partial charge in [0.1, 0.15) is 5.82 Å². The molecule has 0 heterocycles. The Labute approximate surface area is 119 Å². The molecule has 0 amide bonds. The van der Waals surface area contributed by atoms with E-state index in [0.717, 1.165) is 12.0 Å². The number of benzene rings is 1. The molecule has 1 aliphatic rings. The molecular formula is C15H22ClFN2. The van der Waals surface area contributed by atoms with Gasteiger partial charge in [-0.25, -0.2) is 4.39 Å². The zero-order valence-electron chi connectivity index (χ0n) is 11.2. The number of halogens is 2. The summed E-state index contributed by atoms with van der Waals surface area (Å²) in [6.07, 6.45) is 8.49. The molecule has 1 fully saturated rings. The van der Waals surface area contributed by atoms with Gasteiger partial charge < -0.3 is 0 Å². The van der Waals surface area contributed by atoms with Crippen LogP contribution in [0.1, 0.15) is 44.1 Å². The van der Waals surface area contributed by atoms with E-state index in [0.29, 0.717) is 5.92 Å². The van der Waals surface area contributed by atoms with E-state index >= 15 is 0 Å². The van der Waals surface area contributed by atoms with Crippen molar-refractivity contribution in [1.29, 1.82) is 0 Å². The molecule has 4 heteroatoms. The lowest BCUT2D eigenvalue weighted by molar-refractivity contribution is 0.320. The number of nitrogens with two attached hydrogens (primary N) is 1. The van der Waals surface area contributed by atoms with E-state index in [2.05, 4.69) is 5.43 Å². The summed E-state index contributed by atoms with van der Waals surface area (Å²) >= 11 is 5.83. The fourth-order valence-electron chi connectivity index (χ4n) is 3.00. The third-order valence-electron chi connectivity index (χ3n) is 4.12. The van der Waals surface area contributed by atoms with E-state index in [1.165, 1.54) is 44.6 Å². The van der Waals surface area contributed by atoms with Gasteiger partial charge in [0.05, 0.1) is 5.02 Å². The van der Waals surface area contributed by atoms with Crippen LogP contribution in [0.2, 0.25) is 5.02 Å². The molecule has 0 aromatic heterocycles. The van der Waals surface area contributed by atoms with Crippen LogP contribution in [-0.2, 0) is 6.42 Å². The molecular weight excluding hydrogens is 263 g/mol. The number of nitrogens with one attached hydrogen (secondary N) is 1. The van der Waals surface area contributed by atoms with Crippen LogP contribution in [0.25, 0.3) is 0 Å². The molecule has 1 unspecified atom stereocenters. The third-order valence-corrected chi connectivity index (χ3v) is 4.41. The van der Waals surface area contributed by atoms with Crippen LogP contribution < -0.4 is 11.3 Å². The minimum absolute atomic E-state index is 0.189. The summed E-state index contributed by atoms with van der Waals surface area (Å²) in [4.78, 5) is 0. The minimum Gasteiger partial charge on any atom is -0.271 e. The first kappa shape index (κ1) is 14.8. The SMILES string of the molecule is NNC(Cc1ccc(F)c(Cl)c1)C1CCCCCC1.